The van der Waals surface area contributed by atoms with Gasteiger partial charge >= 0.3 is 0 Å². The molecule has 0 bridgehead atoms. The Hall–Kier alpha value is -1.60. The summed E-state index contributed by atoms with van der Waals surface area (Å²) < 4.78 is 36.8. The normalized spacial score (nSPS) is 18.7. The van der Waals surface area contributed by atoms with Gasteiger partial charge in [-0.25, -0.2) is 13.1 Å². The van der Waals surface area contributed by atoms with Gasteiger partial charge in [0.05, 0.1) is 18.5 Å². The molecule has 1 aromatic rings. The van der Waals surface area contributed by atoms with Gasteiger partial charge in [-0.05, 0) is 50.5 Å². The smallest absolute Gasteiger partial charge is 0.264 e. The second-order valence-corrected chi connectivity index (χ2v) is 6.93. The van der Waals surface area contributed by atoms with E-state index in [1.54, 1.807) is 12.1 Å². The molecule has 1 amide bonds. The van der Waals surface area contributed by atoms with Crippen LogP contribution in [0.2, 0.25) is 0 Å². The molecule has 1 atom stereocenters. The average Bonchev–Trinajstić information content (AvgIpc) is 2.48. The van der Waals surface area contributed by atoms with Crippen molar-refractivity contribution in [2.24, 2.45) is 0 Å². The van der Waals surface area contributed by atoms with E-state index in [2.05, 4.69) is 4.72 Å². The summed E-state index contributed by atoms with van der Waals surface area (Å²) in [7, 11) is -3.70. The minimum absolute atomic E-state index is 0.185. The molecule has 1 heterocycles. The Labute approximate surface area is 130 Å². The van der Waals surface area contributed by atoms with Gasteiger partial charge in [0.25, 0.3) is 5.91 Å². The highest BCUT2D eigenvalue weighted by molar-refractivity contribution is 7.90. The summed E-state index contributed by atoms with van der Waals surface area (Å²) in [5, 5.41) is 0. The van der Waals surface area contributed by atoms with Crippen LogP contribution in [0.25, 0.3) is 0 Å². The summed E-state index contributed by atoms with van der Waals surface area (Å²) in [5.74, 6) is -0.188. The second kappa shape index (κ2) is 7.60. The quantitative estimate of drug-likeness (QED) is 0.860. The maximum Gasteiger partial charge on any atom is 0.264 e. The van der Waals surface area contributed by atoms with Crippen molar-refractivity contribution in [3.63, 3.8) is 0 Å². The first-order valence-electron chi connectivity index (χ1n) is 7.39. The van der Waals surface area contributed by atoms with Gasteiger partial charge in [-0.15, -0.1) is 0 Å². The molecule has 22 heavy (non-hydrogen) atoms. The van der Waals surface area contributed by atoms with Gasteiger partial charge in [-0.3, -0.25) is 4.79 Å². The standard InChI is InChI=1S/C15H21NO5S/c1-2-20-13-8-6-12(7-9-13)15(17)16-22(18,19)11-14-5-3-4-10-21-14/h6-9,14H,2-5,10-11H2,1H3,(H,16,17)/t14-/m1/s1. The van der Waals surface area contributed by atoms with Gasteiger partial charge in [-0.1, -0.05) is 0 Å². The lowest BCUT2D eigenvalue weighted by Gasteiger charge is -2.22. The molecule has 6 nitrogen and oxygen atoms in total. The molecule has 1 aromatic carbocycles. The summed E-state index contributed by atoms with van der Waals surface area (Å²) in [5.41, 5.74) is 0.275. The van der Waals surface area contributed by atoms with Crippen molar-refractivity contribution in [3.05, 3.63) is 29.8 Å². The molecule has 2 rings (SSSR count). The number of benzene rings is 1. The fourth-order valence-corrected chi connectivity index (χ4v) is 3.53. The van der Waals surface area contributed by atoms with Crippen LogP contribution in [0.4, 0.5) is 0 Å². The van der Waals surface area contributed by atoms with Crippen molar-refractivity contribution in [3.8, 4) is 5.75 Å². The number of rotatable bonds is 6. The highest BCUT2D eigenvalue weighted by Gasteiger charge is 2.24. The fourth-order valence-electron chi connectivity index (χ4n) is 2.29. The van der Waals surface area contributed by atoms with E-state index in [1.807, 2.05) is 6.92 Å². The van der Waals surface area contributed by atoms with Crippen molar-refractivity contribution >= 4 is 15.9 Å². The predicted octanol–water partition coefficient (Wildman–Crippen LogP) is 1.71. The monoisotopic (exact) mass is 327 g/mol. The first-order chi connectivity index (χ1) is 10.5. The largest absolute Gasteiger partial charge is 0.494 e. The Morgan fingerprint density at radius 1 is 1.32 bits per heavy atom. The summed E-state index contributed by atoms with van der Waals surface area (Å²) in [4.78, 5) is 12.0. The van der Waals surface area contributed by atoms with Crippen LogP contribution >= 0.6 is 0 Å². The molecule has 0 unspecified atom stereocenters. The molecule has 122 valence electrons. The molecule has 0 saturated carbocycles. The third-order valence-corrected chi connectivity index (χ3v) is 4.66. The van der Waals surface area contributed by atoms with Crippen LogP contribution in [0, 0.1) is 0 Å². The first-order valence-corrected chi connectivity index (χ1v) is 9.04. The maximum atomic E-state index is 12.0. The van der Waals surface area contributed by atoms with Crippen LogP contribution in [0.3, 0.4) is 0 Å². The number of hydrogen-bond donors (Lipinski definition) is 1. The van der Waals surface area contributed by atoms with Crippen LogP contribution in [0.5, 0.6) is 5.75 Å². The van der Waals surface area contributed by atoms with Gasteiger partial charge < -0.3 is 9.47 Å². The zero-order valence-corrected chi connectivity index (χ0v) is 13.4. The fraction of sp³-hybridized carbons (Fsp3) is 0.533. The molecule has 1 aliphatic heterocycles. The molecule has 1 aliphatic rings. The number of nitrogens with one attached hydrogen (secondary N) is 1. The average molecular weight is 327 g/mol. The Balaban J connectivity index is 1.94. The summed E-state index contributed by atoms with van der Waals surface area (Å²) in [6.45, 7) is 2.97. The highest BCUT2D eigenvalue weighted by atomic mass is 32.2. The van der Waals surface area contributed by atoms with Crippen LogP contribution < -0.4 is 9.46 Å². The third kappa shape index (κ3) is 4.99. The maximum absolute atomic E-state index is 12.0. The molecular formula is C15H21NO5S. The van der Waals surface area contributed by atoms with Gasteiger partial charge in [0.1, 0.15) is 5.75 Å². The number of carbonyl (C=O) groups is 1. The Bertz CT molecular complexity index is 591. The lowest BCUT2D eigenvalue weighted by atomic mass is 10.1. The summed E-state index contributed by atoms with van der Waals surface area (Å²) in [6, 6.07) is 6.34. The van der Waals surface area contributed by atoms with Crippen molar-refractivity contribution in [2.75, 3.05) is 19.0 Å². The molecule has 1 saturated heterocycles. The van der Waals surface area contributed by atoms with Crippen molar-refractivity contribution in [1.82, 2.24) is 4.72 Å². The second-order valence-electron chi connectivity index (χ2n) is 5.16. The van der Waals surface area contributed by atoms with E-state index in [4.69, 9.17) is 9.47 Å². The lowest BCUT2D eigenvalue weighted by molar-refractivity contribution is 0.0304. The number of carbonyl (C=O) groups excluding carboxylic acids is 1. The van der Waals surface area contributed by atoms with Crippen LogP contribution in [-0.4, -0.2) is 39.4 Å². The van der Waals surface area contributed by atoms with Gasteiger partial charge in [0.2, 0.25) is 10.0 Å². The van der Waals surface area contributed by atoms with Crippen LogP contribution in [0.1, 0.15) is 36.5 Å². The van der Waals surface area contributed by atoms with E-state index in [-0.39, 0.29) is 17.4 Å². The zero-order chi connectivity index (χ0) is 16.0. The molecule has 1 N–H and O–H groups in total. The number of amides is 1. The van der Waals surface area contributed by atoms with E-state index >= 15 is 0 Å². The van der Waals surface area contributed by atoms with Gasteiger partial charge in [0.15, 0.2) is 0 Å². The molecule has 0 spiro atoms. The molecule has 1 fully saturated rings. The Kier molecular flexibility index (Phi) is 5.79. The van der Waals surface area contributed by atoms with E-state index in [0.717, 1.165) is 12.8 Å². The number of hydrogen-bond acceptors (Lipinski definition) is 5. The molecule has 0 aliphatic carbocycles. The topological polar surface area (TPSA) is 81.7 Å². The lowest BCUT2D eigenvalue weighted by Crippen LogP contribution is -2.38. The molecule has 7 heteroatoms. The highest BCUT2D eigenvalue weighted by Crippen LogP contribution is 2.15. The summed E-state index contributed by atoms with van der Waals surface area (Å²) in [6.07, 6.45) is 2.28. The van der Waals surface area contributed by atoms with E-state index in [9.17, 15) is 13.2 Å². The van der Waals surface area contributed by atoms with Crippen molar-refractivity contribution in [2.45, 2.75) is 32.3 Å². The molecular weight excluding hydrogens is 306 g/mol. The number of sulfonamides is 1. The summed E-state index contributed by atoms with van der Waals surface area (Å²) >= 11 is 0. The minimum Gasteiger partial charge on any atom is -0.494 e. The number of ether oxygens (including phenoxy) is 2. The van der Waals surface area contributed by atoms with E-state index in [0.29, 0.717) is 25.4 Å². The minimum atomic E-state index is -3.70. The zero-order valence-electron chi connectivity index (χ0n) is 12.6. The predicted molar refractivity (Wildman–Crippen MR) is 82.5 cm³/mol. The van der Waals surface area contributed by atoms with Crippen LogP contribution in [0.15, 0.2) is 24.3 Å². The van der Waals surface area contributed by atoms with Gasteiger partial charge in [-0.2, -0.15) is 0 Å². The first kappa shape index (κ1) is 16.8. The Morgan fingerprint density at radius 3 is 2.64 bits per heavy atom. The van der Waals surface area contributed by atoms with Crippen molar-refractivity contribution in [1.29, 1.82) is 0 Å². The molecule has 0 aromatic heterocycles. The third-order valence-electron chi connectivity index (χ3n) is 3.36. The Morgan fingerprint density at radius 2 is 2.05 bits per heavy atom. The van der Waals surface area contributed by atoms with E-state index < -0.39 is 15.9 Å². The van der Waals surface area contributed by atoms with E-state index in [1.165, 1.54) is 12.1 Å². The van der Waals surface area contributed by atoms with Crippen molar-refractivity contribution < 1.29 is 22.7 Å². The molecule has 0 radical (unpaired) electrons. The van der Waals surface area contributed by atoms with Crippen LogP contribution in [-0.2, 0) is 14.8 Å². The van der Waals surface area contributed by atoms with Gasteiger partial charge in [0, 0.05) is 12.2 Å². The SMILES string of the molecule is CCOc1ccc(C(=O)NS(=O)(=O)C[C@H]2CCCCO2)cc1.